The van der Waals surface area contributed by atoms with Gasteiger partial charge in [0.2, 0.25) is 23.4 Å². The number of thiophene rings is 1. The van der Waals surface area contributed by atoms with E-state index in [4.69, 9.17) is 10.2 Å². The predicted molar refractivity (Wildman–Crippen MR) is 82.5 cm³/mol. The van der Waals surface area contributed by atoms with E-state index in [2.05, 4.69) is 11.1 Å². The molecule has 114 valence electrons. The number of carbonyl (C=O) groups is 1. The second kappa shape index (κ2) is 6.20. The van der Waals surface area contributed by atoms with Gasteiger partial charge >= 0.3 is 0 Å². The third-order valence-electron chi connectivity index (χ3n) is 3.85. The van der Waals surface area contributed by atoms with Crippen LogP contribution in [0.5, 0.6) is 0 Å². The third-order valence-corrected chi connectivity index (χ3v) is 4.73. The summed E-state index contributed by atoms with van der Waals surface area (Å²) in [7, 11) is 0. The Bertz CT molecular complexity index is 694. The summed E-state index contributed by atoms with van der Waals surface area (Å²) < 4.78 is 5.80. The predicted octanol–water partition coefficient (Wildman–Crippen LogP) is 1.90. The van der Waals surface area contributed by atoms with Gasteiger partial charge in [0, 0.05) is 23.9 Å². The van der Waals surface area contributed by atoms with Gasteiger partial charge in [0.05, 0.1) is 6.42 Å². The molecule has 6 nitrogen and oxygen atoms in total. The van der Waals surface area contributed by atoms with Crippen molar-refractivity contribution in [2.24, 2.45) is 11.7 Å². The smallest absolute Gasteiger partial charge is 0.234 e. The lowest BCUT2D eigenvalue weighted by molar-refractivity contribution is -0.122. The number of nitrogens with two attached hydrogens (primary N) is 1. The molecule has 0 spiro atoms. The molecular weight excluding hydrogens is 300 g/mol. The molecule has 3 heterocycles. The monoisotopic (exact) mass is 316 g/mol. The first-order chi connectivity index (χ1) is 10.7. The summed E-state index contributed by atoms with van der Waals surface area (Å²) in [6.45, 7) is 1.30. The highest BCUT2D eigenvalue weighted by atomic mass is 32.1. The van der Waals surface area contributed by atoms with E-state index in [0.29, 0.717) is 49.8 Å². The molecule has 3 rings (SSSR count). The zero-order chi connectivity index (χ0) is 15.5. The molecule has 0 saturated carbocycles. The van der Waals surface area contributed by atoms with Crippen molar-refractivity contribution in [3.8, 4) is 6.07 Å². The number of piperidine rings is 1. The summed E-state index contributed by atoms with van der Waals surface area (Å²) in [5, 5.41) is 11.3. The number of nitrogens with zero attached hydrogens (tertiary/aromatic N) is 3. The number of amides is 1. The highest BCUT2D eigenvalue weighted by molar-refractivity contribution is 7.09. The van der Waals surface area contributed by atoms with Gasteiger partial charge in [-0.2, -0.15) is 5.26 Å². The minimum atomic E-state index is -0.254. The Hall–Kier alpha value is -2.33. The fourth-order valence-electron chi connectivity index (χ4n) is 2.65. The van der Waals surface area contributed by atoms with E-state index in [1.807, 2.05) is 22.4 Å². The molecule has 0 atom stereocenters. The number of rotatable bonds is 4. The molecule has 7 heteroatoms. The van der Waals surface area contributed by atoms with Gasteiger partial charge < -0.3 is 15.1 Å². The maximum absolute atomic E-state index is 11.2. The first kappa shape index (κ1) is 14.6. The Morgan fingerprint density at radius 3 is 2.91 bits per heavy atom. The Morgan fingerprint density at radius 2 is 2.32 bits per heavy atom. The van der Waals surface area contributed by atoms with Crippen molar-refractivity contribution in [1.82, 2.24) is 4.98 Å². The van der Waals surface area contributed by atoms with Gasteiger partial charge in [-0.1, -0.05) is 6.07 Å². The van der Waals surface area contributed by atoms with E-state index >= 15 is 0 Å². The average Bonchev–Trinajstić information content (AvgIpc) is 3.17. The van der Waals surface area contributed by atoms with Crippen LogP contribution in [-0.2, 0) is 11.2 Å². The van der Waals surface area contributed by atoms with E-state index in [1.54, 1.807) is 11.3 Å². The van der Waals surface area contributed by atoms with Gasteiger partial charge in [-0.15, -0.1) is 11.3 Å². The van der Waals surface area contributed by atoms with Crippen LogP contribution in [0.2, 0.25) is 0 Å². The molecule has 2 N–H and O–H groups in total. The number of primary amides is 1. The molecule has 0 unspecified atom stereocenters. The summed E-state index contributed by atoms with van der Waals surface area (Å²) in [5.74, 6) is 0.717. The normalized spacial score (nSPS) is 15.7. The second-order valence-corrected chi connectivity index (χ2v) is 6.33. The number of carbonyl (C=O) groups excluding carboxylic acids is 1. The molecule has 0 aromatic carbocycles. The molecule has 1 fully saturated rings. The van der Waals surface area contributed by atoms with Crippen LogP contribution in [0.1, 0.15) is 29.3 Å². The highest BCUT2D eigenvalue weighted by Crippen LogP contribution is 2.28. The van der Waals surface area contributed by atoms with Crippen molar-refractivity contribution in [1.29, 1.82) is 5.26 Å². The van der Waals surface area contributed by atoms with Crippen LogP contribution in [-0.4, -0.2) is 24.0 Å². The quantitative estimate of drug-likeness (QED) is 0.929. The van der Waals surface area contributed by atoms with Gasteiger partial charge in [0.1, 0.15) is 6.07 Å². The molecule has 1 saturated heterocycles. The second-order valence-electron chi connectivity index (χ2n) is 5.29. The molecular formula is C15H16N4O2S. The Morgan fingerprint density at radius 1 is 1.55 bits per heavy atom. The summed E-state index contributed by atoms with van der Waals surface area (Å²) in [5.41, 5.74) is 5.65. The highest BCUT2D eigenvalue weighted by Gasteiger charge is 2.27. The summed E-state index contributed by atoms with van der Waals surface area (Å²) in [6, 6.07) is 6.08. The van der Waals surface area contributed by atoms with E-state index in [1.165, 1.54) is 0 Å². The first-order valence-corrected chi connectivity index (χ1v) is 8.02. The standard InChI is InChI=1S/C15H16N4O2S/c16-9-12-15(19-5-3-10(4-6-19)14(17)20)21-13(18-12)8-11-2-1-7-22-11/h1-2,7,10H,3-6,8H2,(H2,17,20). The number of oxazole rings is 1. The van der Waals surface area contributed by atoms with Crippen molar-refractivity contribution >= 4 is 23.1 Å². The molecule has 22 heavy (non-hydrogen) atoms. The lowest BCUT2D eigenvalue weighted by Gasteiger charge is -2.30. The molecule has 1 aliphatic rings. The van der Waals surface area contributed by atoms with Crippen LogP contribution < -0.4 is 10.6 Å². The molecule has 1 aliphatic heterocycles. The van der Waals surface area contributed by atoms with Gasteiger partial charge in [-0.05, 0) is 24.3 Å². The van der Waals surface area contributed by atoms with Gasteiger partial charge in [0.15, 0.2) is 0 Å². The molecule has 1 amide bonds. The van der Waals surface area contributed by atoms with Gasteiger partial charge in [-0.3, -0.25) is 4.79 Å². The molecule has 2 aromatic heterocycles. The number of hydrogen-bond acceptors (Lipinski definition) is 6. The van der Waals surface area contributed by atoms with Crippen LogP contribution in [0.4, 0.5) is 5.88 Å². The first-order valence-electron chi connectivity index (χ1n) is 7.14. The third kappa shape index (κ3) is 2.97. The molecule has 0 radical (unpaired) electrons. The van der Waals surface area contributed by atoms with Gasteiger partial charge in [0.25, 0.3) is 0 Å². The summed E-state index contributed by atoms with van der Waals surface area (Å²) in [6.07, 6.45) is 1.95. The van der Waals surface area contributed by atoms with Crippen LogP contribution in [0.15, 0.2) is 21.9 Å². The van der Waals surface area contributed by atoms with Crippen molar-refractivity contribution in [3.05, 3.63) is 34.0 Å². The van der Waals surface area contributed by atoms with Crippen molar-refractivity contribution in [2.45, 2.75) is 19.3 Å². The number of nitriles is 1. The Kier molecular flexibility index (Phi) is 4.11. The number of anilines is 1. The molecule has 0 aliphatic carbocycles. The fourth-order valence-corrected chi connectivity index (χ4v) is 3.34. The van der Waals surface area contributed by atoms with Crippen molar-refractivity contribution in [2.75, 3.05) is 18.0 Å². The zero-order valence-corrected chi connectivity index (χ0v) is 12.8. The summed E-state index contributed by atoms with van der Waals surface area (Å²) >= 11 is 1.63. The zero-order valence-electron chi connectivity index (χ0n) is 12.0. The van der Waals surface area contributed by atoms with E-state index < -0.39 is 0 Å². The van der Waals surface area contributed by atoms with Crippen molar-refractivity contribution < 1.29 is 9.21 Å². The van der Waals surface area contributed by atoms with E-state index in [9.17, 15) is 10.1 Å². The summed E-state index contributed by atoms with van der Waals surface area (Å²) in [4.78, 5) is 18.6. The minimum Gasteiger partial charge on any atom is -0.423 e. The maximum atomic E-state index is 11.2. The number of aromatic nitrogens is 1. The van der Waals surface area contributed by atoms with Crippen LogP contribution >= 0.6 is 11.3 Å². The fraction of sp³-hybridized carbons (Fsp3) is 0.400. The van der Waals surface area contributed by atoms with Gasteiger partial charge in [-0.25, -0.2) is 4.98 Å². The topological polar surface area (TPSA) is 96.2 Å². The Balaban J connectivity index is 1.75. The molecule has 2 aromatic rings. The number of hydrogen-bond donors (Lipinski definition) is 1. The van der Waals surface area contributed by atoms with Crippen molar-refractivity contribution in [3.63, 3.8) is 0 Å². The largest absolute Gasteiger partial charge is 0.423 e. The van der Waals surface area contributed by atoms with Crippen LogP contribution in [0.25, 0.3) is 0 Å². The lowest BCUT2D eigenvalue weighted by Crippen LogP contribution is -2.38. The maximum Gasteiger partial charge on any atom is 0.234 e. The SMILES string of the molecule is N#Cc1nc(Cc2cccs2)oc1N1CCC(C(N)=O)CC1. The Labute approximate surface area is 132 Å². The van der Waals surface area contributed by atoms with Crippen LogP contribution in [0.3, 0.4) is 0 Å². The van der Waals surface area contributed by atoms with E-state index in [-0.39, 0.29) is 11.8 Å². The molecule has 0 bridgehead atoms. The minimum absolute atomic E-state index is 0.0877. The van der Waals surface area contributed by atoms with E-state index in [0.717, 1.165) is 4.88 Å². The lowest BCUT2D eigenvalue weighted by atomic mass is 9.96. The van der Waals surface area contributed by atoms with Crippen LogP contribution in [0, 0.1) is 17.2 Å². The average molecular weight is 316 g/mol.